The molecule has 2 aromatic rings. The number of aromatic nitrogens is 4. The van der Waals surface area contributed by atoms with Gasteiger partial charge in [-0.25, -0.2) is 0 Å². The number of hydrogen-bond donors (Lipinski definition) is 1. The van der Waals surface area contributed by atoms with E-state index in [4.69, 9.17) is 12.2 Å². The lowest BCUT2D eigenvalue weighted by molar-refractivity contribution is 0.627. The molecule has 0 aromatic carbocycles. The fourth-order valence-corrected chi connectivity index (χ4v) is 2.04. The first-order chi connectivity index (χ1) is 8.31. The molecule has 0 aliphatic heterocycles. The molecule has 0 fully saturated rings. The van der Waals surface area contributed by atoms with Gasteiger partial charge in [0.05, 0.1) is 0 Å². The molecule has 0 aliphatic carbocycles. The van der Waals surface area contributed by atoms with Crippen LogP contribution in [0.2, 0.25) is 0 Å². The van der Waals surface area contributed by atoms with E-state index in [0.29, 0.717) is 4.77 Å². The maximum atomic E-state index is 5.20. The molecule has 0 atom stereocenters. The second-order valence-electron chi connectivity index (χ2n) is 3.96. The fraction of sp³-hybridized carbons (Fsp3) is 0.417. The monoisotopic (exact) mass is 248 g/mol. The van der Waals surface area contributed by atoms with Gasteiger partial charge in [0.25, 0.3) is 0 Å². The largest absolute Gasteiger partial charge is 0.304 e. The van der Waals surface area contributed by atoms with Crippen molar-refractivity contribution in [3.63, 3.8) is 0 Å². The van der Waals surface area contributed by atoms with Crippen molar-refractivity contribution in [1.82, 2.24) is 19.7 Å². The van der Waals surface area contributed by atoms with Crippen molar-refractivity contribution in [2.24, 2.45) is 0 Å². The molecule has 0 radical (unpaired) electrons. The van der Waals surface area contributed by atoms with E-state index in [-0.39, 0.29) is 0 Å². The second kappa shape index (κ2) is 5.72. The Kier molecular flexibility index (Phi) is 4.03. The van der Waals surface area contributed by atoms with E-state index in [1.54, 1.807) is 6.20 Å². The standard InChI is InChI=1S/C12H16N4S/c1-2-8-16-11(14-15-12(16)17)6-5-10-4-3-7-13-9-10/h3-4,7,9H,2,5-6,8H2,1H3,(H,15,17). The van der Waals surface area contributed by atoms with Gasteiger partial charge in [0.1, 0.15) is 5.82 Å². The van der Waals surface area contributed by atoms with Gasteiger partial charge in [-0.1, -0.05) is 13.0 Å². The SMILES string of the molecule is CCCn1c(CCc2cccnc2)n[nH]c1=S. The highest BCUT2D eigenvalue weighted by Gasteiger charge is 2.05. The summed E-state index contributed by atoms with van der Waals surface area (Å²) in [5.41, 5.74) is 1.23. The number of aryl methyl sites for hydroxylation is 2. The fourth-order valence-electron chi connectivity index (χ4n) is 1.80. The maximum absolute atomic E-state index is 5.20. The summed E-state index contributed by atoms with van der Waals surface area (Å²) in [6.07, 6.45) is 6.58. The van der Waals surface area contributed by atoms with Crippen molar-refractivity contribution in [2.45, 2.75) is 32.7 Å². The highest BCUT2D eigenvalue weighted by molar-refractivity contribution is 7.71. The van der Waals surface area contributed by atoms with Crippen molar-refractivity contribution >= 4 is 12.2 Å². The van der Waals surface area contributed by atoms with Gasteiger partial charge in [-0.2, -0.15) is 5.10 Å². The van der Waals surface area contributed by atoms with Gasteiger partial charge >= 0.3 is 0 Å². The van der Waals surface area contributed by atoms with Gasteiger partial charge in [0.2, 0.25) is 0 Å². The highest BCUT2D eigenvalue weighted by Crippen LogP contribution is 2.05. The third kappa shape index (κ3) is 3.00. The van der Waals surface area contributed by atoms with Crippen molar-refractivity contribution in [3.8, 4) is 0 Å². The first-order valence-electron chi connectivity index (χ1n) is 5.84. The molecular weight excluding hydrogens is 232 g/mol. The minimum atomic E-state index is 0.716. The molecule has 2 heterocycles. The lowest BCUT2D eigenvalue weighted by atomic mass is 10.1. The molecule has 0 spiro atoms. The summed E-state index contributed by atoms with van der Waals surface area (Å²) in [6, 6.07) is 4.04. The zero-order valence-corrected chi connectivity index (χ0v) is 10.7. The third-order valence-electron chi connectivity index (χ3n) is 2.64. The Labute approximate surface area is 106 Å². The quantitative estimate of drug-likeness (QED) is 0.827. The molecule has 2 rings (SSSR count). The molecule has 1 N–H and O–H groups in total. The molecule has 90 valence electrons. The van der Waals surface area contributed by atoms with Gasteiger partial charge in [0.15, 0.2) is 4.77 Å². The van der Waals surface area contributed by atoms with E-state index < -0.39 is 0 Å². The molecule has 4 nitrogen and oxygen atoms in total. The highest BCUT2D eigenvalue weighted by atomic mass is 32.1. The molecule has 0 saturated heterocycles. The Balaban J connectivity index is 2.07. The smallest absolute Gasteiger partial charge is 0.195 e. The number of aromatic amines is 1. The Morgan fingerprint density at radius 2 is 2.29 bits per heavy atom. The van der Waals surface area contributed by atoms with Crippen molar-refractivity contribution in [2.75, 3.05) is 0 Å². The van der Waals surface area contributed by atoms with Crippen LogP contribution >= 0.6 is 12.2 Å². The van der Waals surface area contributed by atoms with Gasteiger partial charge in [-0.3, -0.25) is 10.1 Å². The topological polar surface area (TPSA) is 46.5 Å². The average Bonchev–Trinajstić information content (AvgIpc) is 2.70. The third-order valence-corrected chi connectivity index (χ3v) is 2.96. The van der Waals surface area contributed by atoms with Crippen LogP contribution in [0, 0.1) is 4.77 Å². The zero-order valence-electron chi connectivity index (χ0n) is 9.89. The maximum Gasteiger partial charge on any atom is 0.195 e. The Morgan fingerprint density at radius 3 is 3.00 bits per heavy atom. The summed E-state index contributed by atoms with van der Waals surface area (Å²) in [5, 5.41) is 7.13. The number of pyridine rings is 1. The summed E-state index contributed by atoms with van der Waals surface area (Å²) in [4.78, 5) is 4.11. The number of nitrogens with zero attached hydrogens (tertiary/aromatic N) is 3. The molecule has 2 aromatic heterocycles. The van der Waals surface area contributed by atoms with Crippen LogP contribution in [0.1, 0.15) is 24.7 Å². The van der Waals surface area contributed by atoms with Crippen LogP contribution in [-0.4, -0.2) is 19.7 Å². The van der Waals surface area contributed by atoms with E-state index in [2.05, 4.69) is 32.7 Å². The summed E-state index contributed by atoms with van der Waals surface area (Å²) in [6.45, 7) is 3.07. The number of rotatable bonds is 5. The van der Waals surface area contributed by atoms with Crippen LogP contribution < -0.4 is 0 Å². The summed E-state index contributed by atoms with van der Waals surface area (Å²) in [7, 11) is 0. The first kappa shape index (κ1) is 12.0. The van der Waals surface area contributed by atoms with Crippen LogP contribution in [0.15, 0.2) is 24.5 Å². The lowest BCUT2D eigenvalue weighted by Gasteiger charge is -2.04. The summed E-state index contributed by atoms with van der Waals surface area (Å²) < 4.78 is 2.79. The van der Waals surface area contributed by atoms with Crippen LogP contribution in [0.5, 0.6) is 0 Å². The predicted octanol–water partition coefficient (Wildman–Crippen LogP) is 2.53. The number of hydrogen-bond acceptors (Lipinski definition) is 3. The Hall–Kier alpha value is -1.49. The number of nitrogens with one attached hydrogen (secondary N) is 1. The van der Waals surface area contributed by atoms with Gasteiger partial charge < -0.3 is 4.57 Å². The van der Waals surface area contributed by atoms with Gasteiger partial charge in [-0.15, -0.1) is 0 Å². The van der Waals surface area contributed by atoms with Crippen molar-refractivity contribution in [1.29, 1.82) is 0 Å². The zero-order chi connectivity index (χ0) is 12.1. The second-order valence-corrected chi connectivity index (χ2v) is 4.34. The normalized spacial score (nSPS) is 10.6. The number of H-pyrrole nitrogens is 1. The van der Waals surface area contributed by atoms with Crippen molar-refractivity contribution < 1.29 is 0 Å². The summed E-state index contributed by atoms with van der Waals surface area (Å²) in [5.74, 6) is 1.03. The van der Waals surface area contributed by atoms with E-state index >= 15 is 0 Å². The Morgan fingerprint density at radius 1 is 1.41 bits per heavy atom. The van der Waals surface area contributed by atoms with Crippen LogP contribution in [0.25, 0.3) is 0 Å². The van der Waals surface area contributed by atoms with E-state index in [9.17, 15) is 0 Å². The minimum Gasteiger partial charge on any atom is -0.304 e. The minimum absolute atomic E-state index is 0.716. The average molecular weight is 248 g/mol. The predicted molar refractivity (Wildman–Crippen MR) is 69.3 cm³/mol. The summed E-state index contributed by atoms with van der Waals surface area (Å²) >= 11 is 5.20. The molecule has 5 heteroatoms. The van der Waals surface area contributed by atoms with E-state index in [1.165, 1.54) is 5.56 Å². The molecule has 0 unspecified atom stereocenters. The Bertz CT molecular complexity index is 515. The van der Waals surface area contributed by atoms with Crippen LogP contribution in [0.3, 0.4) is 0 Å². The molecule has 0 aliphatic rings. The first-order valence-corrected chi connectivity index (χ1v) is 6.25. The van der Waals surface area contributed by atoms with E-state index in [1.807, 2.05) is 12.3 Å². The lowest BCUT2D eigenvalue weighted by Crippen LogP contribution is -2.05. The van der Waals surface area contributed by atoms with Crippen LogP contribution in [-0.2, 0) is 19.4 Å². The van der Waals surface area contributed by atoms with Gasteiger partial charge in [0, 0.05) is 25.4 Å². The molecule has 17 heavy (non-hydrogen) atoms. The molecule has 0 amide bonds. The van der Waals surface area contributed by atoms with E-state index in [0.717, 1.165) is 31.6 Å². The molecular formula is C12H16N4S. The van der Waals surface area contributed by atoms with Gasteiger partial charge in [-0.05, 0) is 36.7 Å². The molecule has 0 saturated carbocycles. The molecule has 0 bridgehead atoms. The van der Waals surface area contributed by atoms with Crippen LogP contribution in [0.4, 0.5) is 0 Å². The van der Waals surface area contributed by atoms with Crippen molar-refractivity contribution in [3.05, 3.63) is 40.7 Å².